The van der Waals surface area contributed by atoms with Crippen LogP contribution in [0, 0.1) is 23.3 Å². The molecule has 3 nitrogen and oxygen atoms in total. The highest BCUT2D eigenvalue weighted by molar-refractivity contribution is 8.13. The summed E-state index contributed by atoms with van der Waals surface area (Å²) in [5, 5.41) is 0. The summed E-state index contributed by atoms with van der Waals surface area (Å²) >= 11 is 0. The van der Waals surface area contributed by atoms with Gasteiger partial charge in [-0.15, -0.1) is 0 Å². The van der Waals surface area contributed by atoms with Crippen molar-refractivity contribution in [2.24, 2.45) is 0 Å². The zero-order valence-corrected chi connectivity index (χ0v) is 9.43. The van der Waals surface area contributed by atoms with Crippen LogP contribution in [0.2, 0.25) is 0 Å². The SMILES string of the molecule is O=S(=O)(Cl)c1c(F)c(F)c(F)c(F)c1OC(F)F. The maximum Gasteiger partial charge on any atom is 0.387 e. The zero-order valence-electron chi connectivity index (χ0n) is 7.86. The maximum absolute atomic E-state index is 13.1. The van der Waals surface area contributed by atoms with E-state index in [0.717, 1.165) is 0 Å². The van der Waals surface area contributed by atoms with Crippen LogP contribution < -0.4 is 4.74 Å². The summed E-state index contributed by atoms with van der Waals surface area (Å²) in [6.45, 7) is -3.80. The van der Waals surface area contributed by atoms with Crippen molar-refractivity contribution in [3.63, 3.8) is 0 Å². The van der Waals surface area contributed by atoms with E-state index in [1.165, 1.54) is 0 Å². The lowest BCUT2D eigenvalue weighted by Crippen LogP contribution is -2.13. The number of rotatable bonds is 3. The van der Waals surface area contributed by atoms with Gasteiger partial charge in [-0.05, 0) is 0 Å². The van der Waals surface area contributed by atoms with E-state index in [-0.39, 0.29) is 0 Å². The fourth-order valence-electron chi connectivity index (χ4n) is 1.00. The lowest BCUT2D eigenvalue weighted by atomic mass is 10.3. The fourth-order valence-corrected chi connectivity index (χ4v) is 2.08. The molecule has 0 bridgehead atoms. The molecule has 0 fully saturated rings. The molecule has 0 aliphatic heterocycles. The van der Waals surface area contributed by atoms with Crippen molar-refractivity contribution in [1.82, 2.24) is 0 Å². The Morgan fingerprint density at radius 1 is 0.944 bits per heavy atom. The monoisotopic (exact) mass is 314 g/mol. The second-order valence-electron chi connectivity index (χ2n) is 2.73. The van der Waals surface area contributed by atoms with Gasteiger partial charge >= 0.3 is 6.61 Å². The first-order valence-electron chi connectivity index (χ1n) is 3.82. The lowest BCUT2D eigenvalue weighted by Gasteiger charge is -2.11. The summed E-state index contributed by atoms with van der Waals surface area (Å²) < 4.78 is 100. The first kappa shape index (κ1) is 14.9. The van der Waals surface area contributed by atoms with Gasteiger partial charge in [-0.2, -0.15) is 13.2 Å². The number of benzene rings is 1. The molecule has 1 rings (SSSR count). The molecule has 0 aromatic heterocycles. The van der Waals surface area contributed by atoms with E-state index in [2.05, 4.69) is 15.4 Å². The van der Waals surface area contributed by atoms with E-state index >= 15 is 0 Å². The molecule has 0 radical (unpaired) electrons. The minimum Gasteiger partial charge on any atom is -0.430 e. The molecule has 11 heteroatoms. The van der Waals surface area contributed by atoms with Gasteiger partial charge < -0.3 is 4.74 Å². The zero-order chi connectivity index (χ0) is 14.2. The van der Waals surface area contributed by atoms with E-state index < -0.39 is 49.6 Å². The normalized spacial score (nSPS) is 12.0. The fraction of sp³-hybridized carbons (Fsp3) is 0.143. The number of alkyl halides is 2. The first-order chi connectivity index (χ1) is 8.07. The highest BCUT2D eigenvalue weighted by Crippen LogP contribution is 2.36. The number of hydrogen-bond donors (Lipinski definition) is 0. The van der Waals surface area contributed by atoms with Crippen molar-refractivity contribution in [2.75, 3.05) is 0 Å². The van der Waals surface area contributed by atoms with Crippen LogP contribution >= 0.6 is 10.7 Å². The predicted octanol–water partition coefficient (Wildman–Crippen LogP) is 2.77. The Balaban J connectivity index is 3.76. The largest absolute Gasteiger partial charge is 0.430 e. The van der Waals surface area contributed by atoms with Gasteiger partial charge in [0.15, 0.2) is 22.3 Å². The summed E-state index contributed by atoms with van der Waals surface area (Å²) in [7, 11) is -0.579. The average molecular weight is 315 g/mol. The topological polar surface area (TPSA) is 43.4 Å². The van der Waals surface area contributed by atoms with E-state index in [0.29, 0.717) is 0 Å². The molecule has 1 aromatic rings. The predicted molar refractivity (Wildman–Crippen MR) is 45.9 cm³/mol. The Bertz CT molecular complexity index is 588. The molecule has 18 heavy (non-hydrogen) atoms. The summed E-state index contributed by atoms with van der Waals surface area (Å²) in [4.78, 5) is -2.04. The number of ether oxygens (including phenoxy) is 1. The minimum atomic E-state index is -5.18. The van der Waals surface area contributed by atoms with Crippen LogP contribution in [0.3, 0.4) is 0 Å². The van der Waals surface area contributed by atoms with Gasteiger partial charge in [0, 0.05) is 10.7 Å². The van der Waals surface area contributed by atoms with Gasteiger partial charge in [0.25, 0.3) is 9.05 Å². The van der Waals surface area contributed by atoms with Crippen LogP contribution in [0.5, 0.6) is 5.75 Å². The quantitative estimate of drug-likeness (QED) is 0.373. The molecule has 0 spiro atoms. The third-order valence-corrected chi connectivity index (χ3v) is 2.95. The van der Waals surface area contributed by atoms with E-state index in [1.807, 2.05) is 0 Å². The molecule has 102 valence electrons. The average Bonchev–Trinajstić information content (AvgIpc) is 2.20. The third kappa shape index (κ3) is 2.64. The molecular weight excluding hydrogens is 314 g/mol. The summed E-state index contributed by atoms with van der Waals surface area (Å²) in [5.41, 5.74) is 0. The molecule has 1 aromatic carbocycles. The first-order valence-corrected chi connectivity index (χ1v) is 6.13. The smallest absolute Gasteiger partial charge is 0.387 e. The summed E-state index contributed by atoms with van der Waals surface area (Å²) in [6.07, 6.45) is 0. The third-order valence-electron chi connectivity index (χ3n) is 1.63. The van der Waals surface area contributed by atoms with Crippen LogP contribution in [0.15, 0.2) is 4.90 Å². The Labute approximate surface area is 100 Å². The molecular formula is C7HClF6O3S. The van der Waals surface area contributed by atoms with Crippen LogP contribution in [0.1, 0.15) is 0 Å². The van der Waals surface area contributed by atoms with Crippen LogP contribution in [-0.4, -0.2) is 15.0 Å². The molecule has 0 saturated carbocycles. The lowest BCUT2D eigenvalue weighted by molar-refractivity contribution is -0.0550. The standard InChI is InChI=1S/C7HClF6O3S/c8-18(15,16)6-4(12)2(10)1(9)3(11)5(6)17-7(13)14/h7H. The van der Waals surface area contributed by atoms with Gasteiger partial charge in [-0.25, -0.2) is 21.6 Å². The van der Waals surface area contributed by atoms with Gasteiger partial charge in [-0.3, -0.25) is 0 Å². The second kappa shape index (κ2) is 4.84. The highest BCUT2D eigenvalue weighted by atomic mass is 35.7. The molecule has 0 aliphatic rings. The van der Waals surface area contributed by atoms with Crippen molar-refractivity contribution in [2.45, 2.75) is 11.5 Å². The summed E-state index contributed by atoms with van der Waals surface area (Å²) in [6, 6.07) is 0. The van der Waals surface area contributed by atoms with Gasteiger partial charge in [-0.1, -0.05) is 0 Å². The van der Waals surface area contributed by atoms with Crippen LogP contribution in [0.25, 0.3) is 0 Å². The Morgan fingerprint density at radius 3 is 1.78 bits per heavy atom. The van der Waals surface area contributed by atoms with Crippen LogP contribution in [-0.2, 0) is 9.05 Å². The van der Waals surface area contributed by atoms with Crippen molar-refractivity contribution in [1.29, 1.82) is 0 Å². The van der Waals surface area contributed by atoms with Gasteiger partial charge in [0.05, 0.1) is 0 Å². The van der Waals surface area contributed by atoms with E-state index in [1.54, 1.807) is 0 Å². The van der Waals surface area contributed by atoms with E-state index in [4.69, 9.17) is 0 Å². The molecule has 0 N–H and O–H groups in total. The van der Waals surface area contributed by atoms with E-state index in [9.17, 15) is 34.8 Å². The van der Waals surface area contributed by atoms with Crippen molar-refractivity contribution >= 4 is 19.7 Å². The Kier molecular flexibility index (Phi) is 4.01. The van der Waals surface area contributed by atoms with Crippen molar-refractivity contribution in [3.8, 4) is 5.75 Å². The van der Waals surface area contributed by atoms with Gasteiger partial charge in [0.1, 0.15) is 0 Å². The maximum atomic E-state index is 13.1. The highest BCUT2D eigenvalue weighted by Gasteiger charge is 2.34. The molecule has 0 aliphatic carbocycles. The molecule has 0 amide bonds. The van der Waals surface area contributed by atoms with Gasteiger partial charge in [0.2, 0.25) is 11.6 Å². The Morgan fingerprint density at radius 2 is 1.39 bits per heavy atom. The molecule has 0 atom stereocenters. The minimum absolute atomic E-state index is 2.03. The number of halogens is 7. The van der Waals surface area contributed by atoms with Crippen LogP contribution in [0.4, 0.5) is 26.3 Å². The molecule has 0 heterocycles. The van der Waals surface area contributed by atoms with Crippen molar-refractivity contribution in [3.05, 3.63) is 23.3 Å². The molecule has 0 saturated heterocycles. The summed E-state index contributed by atoms with van der Waals surface area (Å²) in [5.74, 6) is -12.0. The number of hydrogen-bond acceptors (Lipinski definition) is 3. The van der Waals surface area contributed by atoms with Crippen molar-refractivity contribution < 1.29 is 39.5 Å². The second-order valence-corrected chi connectivity index (χ2v) is 5.23. The Hall–Kier alpha value is -1.16. The molecule has 0 unspecified atom stereocenters.